The van der Waals surface area contributed by atoms with E-state index in [-0.39, 0.29) is 0 Å². The molecule has 0 spiro atoms. The minimum Gasteiger partial charge on any atom is -0.311 e. The van der Waals surface area contributed by atoms with Crippen molar-refractivity contribution in [1.29, 1.82) is 0 Å². The summed E-state index contributed by atoms with van der Waals surface area (Å²) in [5, 5.41) is 3.79. The number of rotatable bonds is 5. The Morgan fingerprint density at radius 3 is 2.86 bits per heavy atom. The first-order valence-corrected chi connectivity index (χ1v) is 8.51. The van der Waals surface area contributed by atoms with Crippen LogP contribution in [0.5, 0.6) is 0 Å². The van der Waals surface area contributed by atoms with E-state index in [0.29, 0.717) is 6.04 Å². The second-order valence-electron chi connectivity index (χ2n) is 7.34. The predicted octanol–water partition coefficient (Wildman–Crippen LogP) is 2.99. The smallest absolute Gasteiger partial charge is 0.0573 e. The molecule has 1 aromatic rings. The van der Waals surface area contributed by atoms with Crippen LogP contribution in [0.25, 0.3) is 0 Å². The van der Waals surface area contributed by atoms with Gasteiger partial charge in [-0.15, -0.1) is 0 Å². The zero-order valence-corrected chi connectivity index (χ0v) is 13.7. The summed E-state index contributed by atoms with van der Waals surface area (Å²) in [6.07, 6.45) is 6.04. The molecule has 1 aliphatic carbocycles. The van der Waals surface area contributed by atoms with Crippen molar-refractivity contribution < 1.29 is 0 Å². The van der Waals surface area contributed by atoms with Crippen molar-refractivity contribution in [2.75, 3.05) is 13.1 Å². The second kappa shape index (κ2) is 6.45. The Balaban J connectivity index is 1.69. The van der Waals surface area contributed by atoms with Crippen LogP contribution in [-0.4, -0.2) is 35.1 Å². The number of nitrogens with one attached hydrogen (secondary N) is 1. The zero-order chi connectivity index (χ0) is 14.8. The van der Waals surface area contributed by atoms with Gasteiger partial charge in [-0.2, -0.15) is 0 Å². The normalized spacial score (nSPS) is 27.2. The van der Waals surface area contributed by atoms with Crippen molar-refractivity contribution in [3.8, 4) is 0 Å². The molecule has 3 rings (SSSR count). The van der Waals surface area contributed by atoms with E-state index in [2.05, 4.69) is 42.0 Å². The van der Waals surface area contributed by atoms with Gasteiger partial charge in [-0.1, -0.05) is 19.9 Å². The van der Waals surface area contributed by atoms with Gasteiger partial charge in [-0.05, 0) is 49.7 Å². The maximum Gasteiger partial charge on any atom is 0.0573 e. The number of piperazine rings is 1. The molecule has 0 amide bonds. The van der Waals surface area contributed by atoms with Crippen molar-refractivity contribution in [3.05, 3.63) is 29.6 Å². The standard InChI is InChI=1S/C18H29N3/c1-13(2)9-16-11-21(18(10-20-16)15-6-7-15)12-17-14(3)5-4-8-19-17/h4-5,8,13,15-16,18,20H,6-7,9-12H2,1-3H3. The summed E-state index contributed by atoms with van der Waals surface area (Å²) in [6.45, 7) is 10.2. The number of aromatic nitrogens is 1. The number of hydrogen-bond donors (Lipinski definition) is 1. The van der Waals surface area contributed by atoms with Gasteiger partial charge in [0.25, 0.3) is 0 Å². The van der Waals surface area contributed by atoms with Crippen LogP contribution in [0.4, 0.5) is 0 Å². The molecule has 3 nitrogen and oxygen atoms in total. The quantitative estimate of drug-likeness (QED) is 0.902. The van der Waals surface area contributed by atoms with Crippen LogP contribution in [0.3, 0.4) is 0 Å². The Morgan fingerprint density at radius 1 is 1.38 bits per heavy atom. The lowest BCUT2D eigenvalue weighted by molar-refractivity contribution is 0.0987. The van der Waals surface area contributed by atoms with E-state index in [0.717, 1.165) is 31.0 Å². The Hall–Kier alpha value is -0.930. The van der Waals surface area contributed by atoms with E-state index in [4.69, 9.17) is 0 Å². The molecule has 21 heavy (non-hydrogen) atoms. The molecule has 2 aliphatic rings. The highest BCUT2D eigenvalue weighted by Gasteiger charge is 2.38. The molecule has 116 valence electrons. The van der Waals surface area contributed by atoms with Crippen LogP contribution >= 0.6 is 0 Å². The Morgan fingerprint density at radius 2 is 2.19 bits per heavy atom. The van der Waals surface area contributed by atoms with Gasteiger partial charge in [-0.3, -0.25) is 9.88 Å². The van der Waals surface area contributed by atoms with Gasteiger partial charge >= 0.3 is 0 Å². The molecule has 2 unspecified atom stereocenters. The molecule has 0 radical (unpaired) electrons. The maximum absolute atomic E-state index is 4.61. The van der Waals surface area contributed by atoms with Gasteiger partial charge in [0.2, 0.25) is 0 Å². The van der Waals surface area contributed by atoms with Gasteiger partial charge in [-0.25, -0.2) is 0 Å². The van der Waals surface area contributed by atoms with Gasteiger partial charge in [0, 0.05) is 37.9 Å². The van der Waals surface area contributed by atoms with Crippen molar-refractivity contribution in [3.63, 3.8) is 0 Å². The third-order valence-electron chi connectivity index (χ3n) is 4.93. The lowest BCUT2D eigenvalue weighted by Crippen LogP contribution is -2.57. The zero-order valence-electron chi connectivity index (χ0n) is 13.7. The van der Waals surface area contributed by atoms with Gasteiger partial charge in [0.15, 0.2) is 0 Å². The largest absolute Gasteiger partial charge is 0.311 e. The molecule has 1 aliphatic heterocycles. The first kappa shape index (κ1) is 15.0. The summed E-state index contributed by atoms with van der Waals surface area (Å²) < 4.78 is 0. The fraction of sp³-hybridized carbons (Fsp3) is 0.722. The van der Waals surface area contributed by atoms with Gasteiger partial charge in [0.1, 0.15) is 0 Å². The molecule has 1 N–H and O–H groups in total. The van der Waals surface area contributed by atoms with Crippen LogP contribution in [0, 0.1) is 18.8 Å². The van der Waals surface area contributed by atoms with E-state index in [1.54, 1.807) is 0 Å². The molecular weight excluding hydrogens is 258 g/mol. The highest BCUT2D eigenvalue weighted by molar-refractivity contribution is 5.18. The van der Waals surface area contributed by atoms with Gasteiger partial charge < -0.3 is 5.32 Å². The first-order chi connectivity index (χ1) is 10.1. The van der Waals surface area contributed by atoms with E-state index in [9.17, 15) is 0 Å². The molecule has 0 bridgehead atoms. The summed E-state index contributed by atoms with van der Waals surface area (Å²) in [5.74, 6) is 1.68. The Bertz CT molecular complexity index is 467. The first-order valence-electron chi connectivity index (χ1n) is 8.51. The van der Waals surface area contributed by atoms with Crippen LogP contribution in [0.2, 0.25) is 0 Å². The molecule has 1 saturated carbocycles. The molecule has 0 aromatic carbocycles. The molecular formula is C18H29N3. The highest BCUT2D eigenvalue weighted by atomic mass is 15.2. The molecule has 2 heterocycles. The van der Waals surface area contributed by atoms with Crippen LogP contribution in [0.1, 0.15) is 44.4 Å². The Labute approximate surface area is 129 Å². The van der Waals surface area contributed by atoms with E-state index in [1.165, 1.54) is 37.1 Å². The van der Waals surface area contributed by atoms with E-state index in [1.807, 2.05) is 12.3 Å². The number of aryl methyl sites for hydroxylation is 1. The van der Waals surface area contributed by atoms with Crippen molar-refractivity contribution in [1.82, 2.24) is 15.2 Å². The van der Waals surface area contributed by atoms with Crippen molar-refractivity contribution in [2.24, 2.45) is 11.8 Å². The summed E-state index contributed by atoms with van der Waals surface area (Å²) in [7, 11) is 0. The fourth-order valence-corrected chi connectivity index (χ4v) is 3.63. The number of pyridine rings is 1. The monoisotopic (exact) mass is 287 g/mol. The van der Waals surface area contributed by atoms with Crippen LogP contribution in [-0.2, 0) is 6.54 Å². The maximum atomic E-state index is 4.61. The Kier molecular flexibility index (Phi) is 4.60. The predicted molar refractivity (Wildman–Crippen MR) is 87.1 cm³/mol. The molecule has 1 saturated heterocycles. The average Bonchev–Trinajstić information content (AvgIpc) is 3.25. The number of nitrogens with zero attached hydrogens (tertiary/aromatic N) is 2. The third-order valence-corrected chi connectivity index (χ3v) is 4.93. The topological polar surface area (TPSA) is 28.2 Å². The van der Waals surface area contributed by atoms with Gasteiger partial charge in [0.05, 0.1) is 5.69 Å². The SMILES string of the molecule is Cc1cccnc1CN1CC(CC(C)C)NCC1C1CC1. The van der Waals surface area contributed by atoms with Crippen LogP contribution in [0.15, 0.2) is 18.3 Å². The summed E-state index contributed by atoms with van der Waals surface area (Å²) >= 11 is 0. The lowest BCUT2D eigenvalue weighted by atomic mass is 9.97. The third kappa shape index (κ3) is 3.83. The molecule has 3 heteroatoms. The minimum absolute atomic E-state index is 0.643. The average molecular weight is 287 g/mol. The minimum atomic E-state index is 0.643. The van der Waals surface area contributed by atoms with E-state index < -0.39 is 0 Å². The fourth-order valence-electron chi connectivity index (χ4n) is 3.63. The molecule has 2 fully saturated rings. The summed E-state index contributed by atoms with van der Waals surface area (Å²) in [5.41, 5.74) is 2.58. The second-order valence-corrected chi connectivity index (χ2v) is 7.34. The summed E-state index contributed by atoms with van der Waals surface area (Å²) in [6, 6.07) is 5.58. The van der Waals surface area contributed by atoms with Crippen LogP contribution < -0.4 is 5.32 Å². The van der Waals surface area contributed by atoms with Crippen molar-refractivity contribution >= 4 is 0 Å². The molecule has 2 atom stereocenters. The molecule has 1 aromatic heterocycles. The van der Waals surface area contributed by atoms with Crippen molar-refractivity contribution in [2.45, 2.75) is 58.7 Å². The van der Waals surface area contributed by atoms with E-state index >= 15 is 0 Å². The highest BCUT2D eigenvalue weighted by Crippen LogP contribution is 2.37. The number of hydrogen-bond acceptors (Lipinski definition) is 3. The lowest BCUT2D eigenvalue weighted by Gasteiger charge is -2.41. The summed E-state index contributed by atoms with van der Waals surface area (Å²) in [4.78, 5) is 7.32.